The van der Waals surface area contributed by atoms with Crippen molar-refractivity contribution in [2.45, 2.75) is 26.7 Å². The molecule has 0 aliphatic rings. The summed E-state index contributed by atoms with van der Waals surface area (Å²) >= 11 is 0. The number of benzene rings is 1. The second-order valence-corrected chi connectivity index (χ2v) is 5.69. The molecule has 5 nitrogen and oxygen atoms in total. The molecule has 1 aromatic rings. The summed E-state index contributed by atoms with van der Waals surface area (Å²) in [6.45, 7) is 5.88. The summed E-state index contributed by atoms with van der Waals surface area (Å²) in [5.74, 6) is -0.542. The molecule has 0 aromatic heterocycles. The second-order valence-electron chi connectivity index (χ2n) is 5.69. The zero-order valence-electron chi connectivity index (χ0n) is 13.5. The summed E-state index contributed by atoms with van der Waals surface area (Å²) in [4.78, 5) is 25.3. The third kappa shape index (κ3) is 5.85. The van der Waals surface area contributed by atoms with Gasteiger partial charge in [0.25, 0.3) is 0 Å². The fourth-order valence-corrected chi connectivity index (χ4v) is 2.31. The molecule has 0 aliphatic carbocycles. The number of carbonyl (C=O) groups is 2. The van der Waals surface area contributed by atoms with E-state index in [0.717, 1.165) is 0 Å². The van der Waals surface area contributed by atoms with Crippen LogP contribution in [0.15, 0.2) is 24.3 Å². The van der Waals surface area contributed by atoms with Crippen molar-refractivity contribution >= 4 is 11.9 Å². The van der Waals surface area contributed by atoms with Gasteiger partial charge >= 0.3 is 5.97 Å². The number of hydrogen-bond acceptors (Lipinski definition) is 3. The van der Waals surface area contributed by atoms with Crippen molar-refractivity contribution in [3.63, 3.8) is 0 Å². The SMILES string of the molecule is COCCN(CC(C)C)C(=O)CCc1ccccc1C(=O)O. The van der Waals surface area contributed by atoms with Gasteiger partial charge in [0.2, 0.25) is 5.91 Å². The molecule has 1 aromatic carbocycles. The quantitative estimate of drug-likeness (QED) is 0.761. The Morgan fingerprint density at radius 1 is 1.27 bits per heavy atom. The molecule has 5 heteroatoms. The molecule has 0 fully saturated rings. The Kier molecular flexibility index (Phi) is 7.60. The van der Waals surface area contributed by atoms with Crippen LogP contribution in [0.5, 0.6) is 0 Å². The lowest BCUT2D eigenvalue weighted by Gasteiger charge is -2.24. The molecule has 0 unspecified atom stereocenters. The molecular formula is C17H25NO4. The maximum atomic E-state index is 12.4. The van der Waals surface area contributed by atoms with E-state index in [1.165, 1.54) is 0 Å². The van der Waals surface area contributed by atoms with Crippen LogP contribution < -0.4 is 0 Å². The summed E-state index contributed by atoms with van der Waals surface area (Å²) in [7, 11) is 1.61. The topological polar surface area (TPSA) is 66.8 Å². The number of aromatic carboxylic acids is 1. The number of hydrogen-bond donors (Lipinski definition) is 1. The first-order chi connectivity index (χ1) is 10.5. The minimum Gasteiger partial charge on any atom is -0.478 e. The van der Waals surface area contributed by atoms with Crippen LogP contribution in [0.25, 0.3) is 0 Å². The summed E-state index contributed by atoms with van der Waals surface area (Å²) in [6.07, 6.45) is 0.740. The van der Waals surface area contributed by atoms with Gasteiger partial charge in [-0.25, -0.2) is 4.79 Å². The summed E-state index contributed by atoms with van der Waals surface area (Å²) in [5, 5.41) is 9.16. The Bertz CT molecular complexity index is 499. The number of amides is 1. The average Bonchev–Trinajstić information content (AvgIpc) is 2.48. The minimum absolute atomic E-state index is 0.0333. The first kappa shape index (κ1) is 18.2. The van der Waals surface area contributed by atoms with Crippen LogP contribution in [-0.4, -0.2) is 48.7 Å². The first-order valence-corrected chi connectivity index (χ1v) is 7.53. The predicted octanol–water partition coefficient (Wildman–Crippen LogP) is 2.45. The van der Waals surface area contributed by atoms with E-state index in [9.17, 15) is 9.59 Å². The van der Waals surface area contributed by atoms with Crippen LogP contribution in [0.4, 0.5) is 0 Å². The van der Waals surface area contributed by atoms with Crippen LogP contribution in [0.3, 0.4) is 0 Å². The van der Waals surface area contributed by atoms with E-state index in [2.05, 4.69) is 13.8 Å². The van der Waals surface area contributed by atoms with E-state index in [4.69, 9.17) is 9.84 Å². The van der Waals surface area contributed by atoms with Crippen molar-refractivity contribution in [2.24, 2.45) is 5.92 Å². The molecule has 1 N–H and O–H groups in total. The molecule has 0 aliphatic heterocycles. The normalized spacial score (nSPS) is 10.7. The van der Waals surface area contributed by atoms with E-state index >= 15 is 0 Å². The highest BCUT2D eigenvalue weighted by atomic mass is 16.5. The number of rotatable bonds is 9. The Morgan fingerprint density at radius 2 is 1.95 bits per heavy atom. The number of nitrogens with zero attached hydrogens (tertiary/aromatic N) is 1. The molecule has 0 spiro atoms. The zero-order chi connectivity index (χ0) is 16.5. The van der Waals surface area contributed by atoms with Crippen molar-refractivity contribution in [2.75, 3.05) is 26.8 Å². The number of carboxylic acid groups (broad SMARTS) is 1. The van der Waals surface area contributed by atoms with Gasteiger partial charge in [-0.2, -0.15) is 0 Å². The van der Waals surface area contributed by atoms with Crippen LogP contribution in [0.1, 0.15) is 36.2 Å². The lowest BCUT2D eigenvalue weighted by Crippen LogP contribution is -2.36. The minimum atomic E-state index is -0.957. The standard InChI is InChI=1S/C17H25NO4/c1-13(2)12-18(10-11-22-3)16(19)9-8-14-6-4-5-7-15(14)17(20)21/h4-7,13H,8-12H2,1-3H3,(H,20,21). The van der Waals surface area contributed by atoms with Gasteiger partial charge in [-0.3, -0.25) is 4.79 Å². The third-order valence-corrected chi connectivity index (χ3v) is 3.36. The summed E-state index contributed by atoms with van der Waals surface area (Å²) in [6, 6.07) is 6.82. The smallest absolute Gasteiger partial charge is 0.335 e. The zero-order valence-corrected chi connectivity index (χ0v) is 13.5. The number of aryl methyl sites for hydroxylation is 1. The average molecular weight is 307 g/mol. The first-order valence-electron chi connectivity index (χ1n) is 7.53. The molecule has 0 saturated carbocycles. The number of carbonyl (C=O) groups excluding carboxylic acids is 1. The van der Waals surface area contributed by atoms with Crippen molar-refractivity contribution in [3.8, 4) is 0 Å². The molecule has 0 radical (unpaired) electrons. The maximum Gasteiger partial charge on any atom is 0.335 e. The molecule has 0 bridgehead atoms. The van der Waals surface area contributed by atoms with Crippen molar-refractivity contribution in [1.29, 1.82) is 0 Å². The summed E-state index contributed by atoms with van der Waals surface area (Å²) in [5.41, 5.74) is 0.960. The highest BCUT2D eigenvalue weighted by Crippen LogP contribution is 2.12. The van der Waals surface area contributed by atoms with Crippen molar-refractivity contribution < 1.29 is 19.4 Å². The monoisotopic (exact) mass is 307 g/mol. The second kappa shape index (κ2) is 9.20. The largest absolute Gasteiger partial charge is 0.478 e. The van der Waals surface area contributed by atoms with Gasteiger partial charge in [0, 0.05) is 26.6 Å². The van der Waals surface area contributed by atoms with Gasteiger partial charge in [0.1, 0.15) is 0 Å². The Labute approximate surface area is 131 Å². The summed E-state index contributed by atoms with van der Waals surface area (Å²) < 4.78 is 5.05. The molecular weight excluding hydrogens is 282 g/mol. The van der Waals surface area contributed by atoms with Crippen LogP contribution in [0.2, 0.25) is 0 Å². The Morgan fingerprint density at radius 3 is 2.55 bits per heavy atom. The molecule has 0 saturated heterocycles. The fraction of sp³-hybridized carbons (Fsp3) is 0.529. The van der Waals surface area contributed by atoms with Gasteiger partial charge < -0.3 is 14.7 Å². The maximum absolute atomic E-state index is 12.4. The predicted molar refractivity (Wildman–Crippen MR) is 85.0 cm³/mol. The number of ether oxygens (including phenoxy) is 1. The van der Waals surface area contributed by atoms with E-state index < -0.39 is 5.97 Å². The van der Waals surface area contributed by atoms with E-state index in [-0.39, 0.29) is 11.5 Å². The number of methoxy groups -OCH3 is 1. The number of carboxylic acids is 1. The van der Waals surface area contributed by atoms with Gasteiger partial charge in [-0.1, -0.05) is 32.0 Å². The molecule has 1 amide bonds. The highest BCUT2D eigenvalue weighted by Gasteiger charge is 2.16. The Balaban J connectivity index is 2.68. The van der Waals surface area contributed by atoms with Crippen molar-refractivity contribution in [1.82, 2.24) is 4.90 Å². The highest BCUT2D eigenvalue weighted by molar-refractivity contribution is 5.89. The molecule has 0 atom stereocenters. The third-order valence-electron chi connectivity index (χ3n) is 3.36. The molecule has 1 rings (SSSR count). The molecule has 22 heavy (non-hydrogen) atoms. The Hall–Kier alpha value is -1.88. The van der Waals surface area contributed by atoms with E-state index in [1.807, 2.05) is 0 Å². The fourth-order valence-electron chi connectivity index (χ4n) is 2.31. The van der Waals surface area contributed by atoms with Crippen LogP contribution in [-0.2, 0) is 16.0 Å². The lowest BCUT2D eigenvalue weighted by molar-refractivity contribution is -0.132. The molecule has 0 heterocycles. The molecule has 122 valence electrons. The van der Waals surface area contributed by atoms with Gasteiger partial charge in [-0.15, -0.1) is 0 Å². The van der Waals surface area contributed by atoms with Gasteiger partial charge in [0.15, 0.2) is 0 Å². The van der Waals surface area contributed by atoms with Crippen LogP contribution in [0, 0.1) is 5.92 Å². The van der Waals surface area contributed by atoms with Gasteiger partial charge in [0.05, 0.1) is 12.2 Å². The van der Waals surface area contributed by atoms with Gasteiger partial charge in [-0.05, 0) is 24.0 Å². The van der Waals surface area contributed by atoms with E-state index in [1.54, 1.807) is 36.3 Å². The van der Waals surface area contributed by atoms with E-state index in [0.29, 0.717) is 44.0 Å². The lowest BCUT2D eigenvalue weighted by atomic mass is 10.0. The van der Waals surface area contributed by atoms with Crippen LogP contribution >= 0.6 is 0 Å². The van der Waals surface area contributed by atoms with Crippen molar-refractivity contribution in [3.05, 3.63) is 35.4 Å².